The fourth-order valence-electron chi connectivity index (χ4n) is 3.82. The normalized spacial score (nSPS) is 15.0. The molecule has 1 aromatic heterocycles. The molecule has 1 fully saturated rings. The predicted octanol–water partition coefficient (Wildman–Crippen LogP) is 4.25. The molecular weight excluding hydrogens is 411 g/mol. The molecule has 0 spiro atoms. The van der Waals surface area contributed by atoms with Crippen LogP contribution in [0.5, 0.6) is 0 Å². The molecule has 0 radical (unpaired) electrons. The second kappa shape index (κ2) is 10.1. The summed E-state index contributed by atoms with van der Waals surface area (Å²) in [5.74, 6) is -0.200. The van der Waals surface area contributed by atoms with Crippen molar-refractivity contribution in [1.29, 1.82) is 0 Å². The summed E-state index contributed by atoms with van der Waals surface area (Å²) in [4.78, 5) is 28.5. The predicted molar refractivity (Wildman–Crippen MR) is 120 cm³/mol. The Bertz CT molecular complexity index is 912. The van der Waals surface area contributed by atoms with Crippen molar-refractivity contribution >= 4 is 12.0 Å². The van der Waals surface area contributed by atoms with Crippen LogP contribution >= 0.6 is 0 Å². The number of piperidine rings is 1. The number of nitrogens with zero attached hydrogens (tertiary/aromatic N) is 3. The minimum Gasteiger partial charge on any atom is -0.444 e. The molecule has 1 aliphatic heterocycles. The summed E-state index contributed by atoms with van der Waals surface area (Å²) in [5.41, 5.74) is 2.11. The first-order valence-electron chi connectivity index (χ1n) is 11.2. The van der Waals surface area contributed by atoms with Gasteiger partial charge in [0.1, 0.15) is 11.4 Å². The van der Waals surface area contributed by atoms with Crippen molar-refractivity contribution in [3.8, 4) is 11.3 Å². The van der Waals surface area contributed by atoms with E-state index in [1.807, 2.05) is 33.9 Å². The highest BCUT2D eigenvalue weighted by Crippen LogP contribution is 2.22. The molecule has 1 N–H and O–H groups in total. The first-order chi connectivity index (χ1) is 15.1. The molecule has 8 heteroatoms. The first-order valence-corrected chi connectivity index (χ1v) is 11.2. The molecule has 2 amide bonds. The van der Waals surface area contributed by atoms with Gasteiger partial charge in [-0.15, -0.1) is 0 Å². The molecule has 2 heterocycles. The molecule has 174 valence electrons. The lowest BCUT2D eigenvalue weighted by Crippen LogP contribution is -2.45. The molecule has 3 rings (SSSR count). The van der Waals surface area contributed by atoms with E-state index in [2.05, 4.69) is 10.2 Å². The third-order valence-corrected chi connectivity index (χ3v) is 5.58. The Labute approximate surface area is 188 Å². The Hall–Kier alpha value is -2.90. The molecule has 1 aromatic carbocycles. The van der Waals surface area contributed by atoms with Crippen LogP contribution in [-0.4, -0.2) is 64.3 Å². The summed E-state index contributed by atoms with van der Waals surface area (Å²) in [6, 6.07) is 8.21. The van der Waals surface area contributed by atoms with E-state index in [9.17, 15) is 14.0 Å². The Morgan fingerprint density at radius 3 is 2.50 bits per heavy atom. The molecule has 32 heavy (non-hydrogen) atoms. The van der Waals surface area contributed by atoms with Crippen LogP contribution in [0.25, 0.3) is 11.3 Å². The smallest absolute Gasteiger partial charge is 0.410 e. The van der Waals surface area contributed by atoms with Crippen LogP contribution in [0, 0.1) is 11.7 Å². The molecule has 0 saturated carbocycles. The molecule has 7 nitrogen and oxygen atoms in total. The largest absolute Gasteiger partial charge is 0.444 e. The molecule has 2 aromatic rings. The molecule has 0 bridgehead atoms. The van der Waals surface area contributed by atoms with Gasteiger partial charge in [-0.1, -0.05) is 0 Å². The van der Waals surface area contributed by atoms with E-state index in [4.69, 9.17) is 4.74 Å². The molecule has 0 atom stereocenters. The van der Waals surface area contributed by atoms with E-state index in [-0.39, 0.29) is 23.7 Å². The Morgan fingerprint density at radius 1 is 1.22 bits per heavy atom. The highest BCUT2D eigenvalue weighted by molar-refractivity contribution is 5.79. The van der Waals surface area contributed by atoms with Crippen LogP contribution in [0.2, 0.25) is 0 Å². The van der Waals surface area contributed by atoms with Crippen molar-refractivity contribution in [1.82, 2.24) is 20.0 Å². The number of aromatic amines is 1. The van der Waals surface area contributed by atoms with Crippen LogP contribution in [0.1, 0.15) is 45.7 Å². The van der Waals surface area contributed by atoms with E-state index in [0.717, 1.165) is 29.8 Å². The average Bonchev–Trinajstić information content (AvgIpc) is 3.21. The van der Waals surface area contributed by atoms with Gasteiger partial charge in [0.15, 0.2) is 0 Å². The van der Waals surface area contributed by atoms with Crippen molar-refractivity contribution in [2.75, 3.05) is 26.7 Å². The van der Waals surface area contributed by atoms with Gasteiger partial charge in [0, 0.05) is 43.9 Å². The lowest BCUT2D eigenvalue weighted by Gasteiger charge is -2.34. The van der Waals surface area contributed by atoms with Gasteiger partial charge < -0.3 is 14.5 Å². The SMILES string of the molecule is CN(CCCc1cc(-c2ccc(F)cc2)n[nH]1)C(=O)C1CCN(C(=O)OC(C)(C)C)CC1. The second-order valence-corrected chi connectivity index (χ2v) is 9.39. The minimum atomic E-state index is -0.515. The summed E-state index contributed by atoms with van der Waals surface area (Å²) in [6.45, 7) is 7.28. The number of likely N-dealkylation sites (tertiary alicyclic amines) is 1. The second-order valence-electron chi connectivity index (χ2n) is 9.39. The van der Waals surface area contributed by atoms with E-state index >= 15 is 0 Å². The highest BCUT2D eigenvalue weighted by Gasteiger charge is 2.31. The van der Waals surface area contributed by atoms with Gasteiger partial charge in [-0.3, -0.25) is 9.89 Å². The third-order valence-electron chi connectivity index (χ3n) is 5.58. The number of benzene rings is 1. The summed E-state index contributed by atoms with van der Waals surface area (Å²) < 4.78 is 18.5. The number of H-pyrrole nitrogens is 1. The van der Waals surface area contributed by atoms with Gasteiger partial charge in [0.25, 0.3) is 0 Å². The van der Waals surface area contributed by atoms with Crippen molar-refractivity contribution in [3.05, 3.63) is 41.8 Å². The lowest BCUT2D eigenvalue weighted by molar-refractivity contribution is -0.135. The highest BCUT2D eigenvalue weighted by atomic mass is 19.1. The van der Waals surface area contributed by atoms with Crippen LogP contribution in [0.15, 0.2) is 30.3 Å². The number of hydrogen-bond donors (Lipinski definition) is 1. The molecule has 0 aliphatic carbocycles. The molecule has 0 unspecified atom stereocenters. The Morgan fingerprint density at radius 2 is 1.88 bits per heavy atom. The van der Waals surface area contributed by atoms with Crippen LogP contribution < -0.4 is 0 Å². The number of carbonyl (C=O) groups is 2. The average molecular weight is 445 g/mol. The van der Waals surface area contributed by atoms with Gasteiger partial charge in [-0.05, 0) is 76.8 Å². The third kappa shape index (κ3) is 6.55. The maximum absolute atomic E-state index is 13.1. The standard InChI is InChI=1S/C24H33FN4O3/c1-24(2,3)32-23(31)29-14-11-18(12-15-29)22(30)28(4)13-5-6-20-16-21(27-26-20)17-7-9-19(25)10-8-17/h7-10,16,18H,5-6,11-15H2,1-4H3,(H,26,27). The number of aromatic nitrogens is 2. The molecular formula is C24H33FN4O3. The Kier molecular flexibility index (Phi) is 7.53. The van der Waals surface area contributed by atoms with Gasteiger partial charge in [0.2, 0.25) is 5.91 Å². The number of hydrogen-bond acceptors (Lipinski definition) is 4. The zero-order valence-corrected chi connectivity index (χ0v) is 19.4. The van der Waals surface area contributed by atoms with Crippen molar-refractivity contribution < 1.29 is 18.7 Å². The van der Waals surface area contributed by atoms with Crippen molar-refractivity contribution in [2.24, 2.45) is 5.92 Å². The number of halogens is 1. The van der Waals surface area contributed by atoms with Crippen LogP contribution in [0.4, 0.5) is 9.18 Å². The van der Waals surface area contributed by atoms with Crippen LogP contribution in [0.3, 0.4) is 0 Å². The zero-order valence-electron chi connectivity index (χ0n) is 19.4. The zero-order chi connectivity index (χ0) is 23.3. The molecule has 1 aliphatic rings. The van der Waals surface area contributed by atoms with Gasteiger partial charge >= 0.3 is 6.09 Å². The van der Waals surface area contributed by atoms with Gasteiger partial charge in [0.05, 0.1) is 5.69 Å². The number of aryl methyl sites for hydroxylation is 1. The maximum atomic E-state index is 13.1. The van der Waals surface area contributed by atoms with E-state index in [0.29, 0.717) is 32.5 Å². The topological polar surface area (TPSA) is 78.5 Å². The van der Waals surface area contributed by atoms with Crippen LogP contribution in [-0.2, 0) is 16.0 Å². The lowest BCUT2D eigenvalue weighted by atomic mass is 9.95. The number of amides is 2. The van der Waals surface area contributed by atoms with E-state index in [1.165, 1.54) is 12.1 Å². The summed E-state index contributed by atoms with van der Waals surface area (Å²) >= 11 is 0. The fraction of sp³-hybridized carbons (Fsp3) is 0.542. The van der Waals surface area contributed by atoms with Crippen molar-refractivity contribution in [2.45, 2.75) is 52.1 Å². The number of nitrogens with one attached hydrogen (secondary N) is 1. The van der Waals surface area contributed by atoms with Gasteiger partial charge in [-0.2, -0.15) is 5.10 Å². The number of ether oxygens (including phenoxy) is 1. The fourth-order valence-corrected chi connectivity index (χ4v) is 3.82. The van der Waals surface area contributed by atoms with Crippen molar-refractivity contribution in [3.63, 3.8) is 0 Å². The quantitative estimate of drug-likeness (QED) is 0.722. The van der Waals surface area contributed by atoms with E-state index < -0.39 is 5.60 Å². The summed E-state index contributed by atoms with van der Waals surface area (Å²) in [7, 11) is 1.83. The monoisotopic (exact) mass is 444 g/mol. The molecule has 1 saturated heterocycles. The Balaban J connectivity index is 1.41. The summed E-state index contributed by atoms with van der Waals surface area (Å²) in [5, 5.41) is 7.32. The minimum absolute atomic E-state index is 0.0593. The maximum Gasteiger partial charge on any atom is 0.410 e. The number of carbonyl (C=O) groups excluding carboxylic acids is 2. The van der Waals surface area contributed by atoms with Gasteiger partial charge in [-0.25, -0.2) is 9.18 Å². The summed E-state index contributed by atoms with van der Waals surface area (Å²) in [6.07, 6.45) is 2.58. The first kappa shape index (κ1) is 23.8. The van der Waals surface area contributed by atoms with E-state index in [1.54, 1.807) is 21.9 Å². The number of rotatable bonds is 6.